The maximum absolute atomic E-state index is 12.2. The van der Waals surface area contributed by atoms with E-state index in [9.17, 15) is 9.59 Å². The van der Waals surface area contributed by atoms with Gasteiger partial charge in [-0.2, -0.15) is 0 Å². The van der Waals surface area contributed by atoms with Crippen molar-refractivity contribution in [1.29, 1.82) is 0 Å². The fourth-order valence-corrected chi connectivity index (χ4v) is 2.71. The Morgan fingerprint density at radius 2 is 2.23 bits per heavy atom. The molecule has 1 saturated heterocycles. The minimum atomic E-state index is -0.787. The topological polar surface area (TPSA) is 78.9 Å². The molecule has 1 aromatic carbocycles. The van der Waals surface area contributed by atoms with E-state index in [-0.39, 0.29) is 18.4 Å². The number of carbonyl (C=O) groups is 2. The van der Waals surface area contributed by atoms with E-state index < -0.39 is 5.97 Å². The normalized spacial score (nSPS) is 18.7. The smallest absolute Gasteiger partial charge is 0.307 e. The molecule has 1 aliphatic rings. The van der Waals surface area contributed by atoms with Gasteiger partial charge in [-0.25, -0.2) is 0 Å². The number of nitrogens with one attached hydrogen (secondary N) is 1. The summed E-state index contributed by atoms with van der Waals surface area (Å²) in [6.07, 6.45) is 1.48. The minimum absolute atomic E-state index is 0.157. The van der Waals surface area contributed by atoms with Gasteiger partial charge in [0.2, 0.25) is 5.91 Å². The zero-order valence-electron chi connectivity index (χ0n) is 13.0. The fourth-order valence-electron chi connectivity index (χ4n) is 2.71. The van der Waals surface area contributed by atoms with E-state index in [0.717, 1.165) is 18.5 Å². The summed E-state index contributed by atoms with van der Waals surface area (Å²) in [7, 11) is 1.56. The number of likely N-dealkylation sites (tertiary alicyclic amines) is 1. The summed E-state index contributed by atoms with van der Waals surface area (Å²) >= 11 is 0. The maximum Gasteiger partial charge on any atom is 0.307 e. The molecular formula is C16H22N2O4. The molecule has 0 saturated carbocycles. The second-order valence-corrected chi connectivity index (χ2v) is 5.66. The minimum Gasteiger partial charge on any atom is -0.495 e. The molecule has 1 aromatic rings. The number of carbonyl (C=O) groups excluding carboxylic acids is 1. The lowest BCUT2D eigenvalue weighted by Gasteiger charge is -2.30. The van der Waals surface area contributed by atoms with Gasteiger partial charge in [0.1, 0.15) is 5.75 Å². The quantitative estimate of drug-likeness (QED) is 0.866. The number of carboxylic acid groups (broad SMARTS) is 1. The van der Waals surface area contributed by atoms with Crippen LogP contribution in [0.25, 0.3) is 0 Å². The van der Waals surface area contributed by atoms with Crippen molar-refractivity contribution in [2.24, 2.45) is 5.92 Å². The Morgan fingerprint density at radius 3 is 2.91 bits per heavy atom. The molecule has 0 spiro atoms. The van der Waals surface area contributed by atoms with Crippen LogP contribution in [0.3, 0.4) is 0 Å². The Balaban J connectivity index is 1.95. The number of methoxy groups -OCH3 is 1. The monoisotopic (exact) mass is 306 g/mol. The number of piperidine rings is 1. The number of aliphatic carboxylic acids is 1. The molecule has 1 heterocycles. The van der Waals surface area contributed by atoms with Crippen molar-refractivity contribution in [3.05, 3.63) is 23.8 Å². The van der Waals surface area contributed by atoms with Crippen LogP contribution in [-0.2, 0) is 9.59 Å². The Labute approximate surface area is 130 Å². The van der Waals surface area contributed by atoms with Crippen LogP contribution >= 0.6 is 0 Å². The predicted molar refractivity (Wildman–Crippen MR) is 83.2 cm³/mol. The van der Waals surface area contributed by atoms with Crippen LogP contribution in [0.1, 0.15) is 18.4 Å². The molecule has 0 bridgehead atoms. The number of aryl methyl sites for hydroxylation is 1. The van der Waals surface area contributed by atoms with Crippen molar-refractivity contribution in [2.75, 3.05) is 32.1 Å². The molecule has 1 atom stereocenters. The van der Waals surface area contributed by atoms with E-state index in [2.05, 4.69) is 5.32 Å². The largest absolute Gasteiger partial charge is 0.495 e. The summed E-state index contributed by atoms with van der Waals surface area (Å²) in [6.45, 7) is 3.31. The summed E-state index contributed by atoms with van der Waals surface area (Å²) < 4.78 is 5.23. The van der Waals surface area contributed by atoms with E-state index in [1.807, 2.05) is 30.0 Å². The van der Waals surface area contributed by atoms with Crippen LogP contribution in [-0.4, -0.2) is 48.6 Å². The van der Waals surface area contributed by atoms with Crippen molar-refractivity contribution < 1.29 is 19.4 Å². The molecule has 2 N–H and O–H groups in total. The van der Waals surface area contributed by atoms with Gasteiger partial charge in [-0.1, -0.05) is 6.07 Å². The molecule has 22 heavy (non-hydrogen) atoms. The molecule has 1 aliphatic heterocycles. The Morgan fingerprint density at radius 1 is 1.45 bits per heavy atom. The molecular weight excluding hydrogens is 284 g/mol. The van der Waals surface area contributed by atoms with Gasteiger partial charge in [0.15, 0.2) is 0 Å². The number of hydrogen-bond acceptors (Lipinski definition) is 4. The first-order valence-electron chi connectivity index (χ1n) is 7.39. The van der Waals surface area contributed by atoms with Crippen molar-refractivity contribution in [3.63, 3.8) is 0 Å². The van der Waals surface area contributed by atoms with Gasteiger partial charge in [-0.15, -0.1) is 0 Å². The van der Waals surface area contributed by atoms with E-state index >= 15 is 0 Å². The van der Waals surface area contributed by atoms with E-state index in [1.54, 1.807) is 7.11 Å². The zero-order chi connectivity index (χ0) is 16.1. The lowest BCUT2D eigenvalue weighted by molar-refractivity contribution is -0.144. The molecule has 1 unspecified atom stereocenters. The Kier molecular flexibility index (Phi) is 5.38. The molecule has 0 aromatic heterocycles. The lowest BCUT2D eigenvalue weighted by atomic mass is 9.98. The highest BCUT2D eigenvalue weighted by molar-refractivity contribution is 5.93. The third-order valence-corrected chi connectivity index (χ3v) is 3.85. The van der Waals surface area contributed by atoms with Gasteiger partial charge in [0.25, 0.3) is 0 Å². The Bertz CT molecular complexity index is 559. The average molecular weight is 306 g/mol. The highest BCUT2D eigenvalue weighted by Gasteiger charge is 2.26. The second-order valence-electron chi connectivity index (χ2n) is 5.66. The average Bonchev–Trinajstić information content (AvgIpc) is 2.47. The van der Waals surface area contributed by atoms with E-state index in [4.69, 9.17) is 9.84 Å². The number of hydrogen-bond donors (Lipinski definition) is 2. The maximum atomic E-state index is 12.2. The molecule has 6 nitrogen and oxygen atoms in total. The molecule has 2 rings (SSSR count). The summed E-state index contributed by atoms with van der Waals surface area (Å²) in [5, 5.41) is 11.9. The fraction of sp³-hybridized carbons (Fsp3) is 0.500. The SMILES string of the molecule is COc1ccc(C)cc1NC(=O)CN1CCCC(C(=O)O)C1. The zero-order valence-corrected chi connectivity index (χ0v) is 13.0. The third kappa shape index (κ3) is 4.21. The van der Waals surface area contributed by atoms with E-state index in [0.29, 0.717) is 24.4 Å². The van der Waals surface area contributed by atoms with Crippen molar-refractivity contribution in [3.8, 4) is 5.75 Å². The van der Waals surface area contributed by atoms with Gasteiger partial charge in [0.05, 0.1) is 25.3 Å². The van der Waals surface area contributed by atoms with Gasteiger partial charge in [-0.05, 0) is 44.0 Å². The molecule has 1 fully saturated rings. The van der Waals surface area contributed by atoms with Crippen LogP contribution in [0, 0.1) is 12.8 Å². The lowest BCUT2D eigenvalue weighted by Crippen LogP contribution is -2.42. The predicted octanol–water partition coefficient (Wildman–Crippen LogP) is 1.74. The van der Waals surface area contributed by atoms with Crippen molar-refractivity contribution in [1.82, 2.24) is 4.90 Å². The standard InChI is InChI=1S/C16H22N2O4/c1-11-5-6-14(22-2)13(8-11)17-15(19)10-18-7-3-4-12(9-18)16(20)21/h5-6,8,12H,3-4,7,9-10H2,1-2H3,(H,17,19)(H,20,21). The number of carboxylic acids is 1. The molecule has 1 amide bonds. The van der Waals surface area contributed by atoms with Crippen molar-refractivity contribution in [2.45, 2.75) is 19.8 Å². The molecule has 6 heteroatoms. The summed E-state index contributed by atoms with van der Waals surface area (Å²) in [5.74, 6) is -0.712. The first kappa shape index (κ1) is 16.3. The van der Waals surface area contributed by atoms with E-state index in [1.165, 1.54) is 0 Å². The number of benzene rings is 1. The van der Waals surface area contributed by atoms with Crippen LogP contribution in [0.2, 0.25) is 0 Å². The second kappa shape index (κ2) is 7.26. The Hall–Kier alpha value is -2.08. The first-order valence-corrected chi connectivity index (χ1v) is 7.39. The van der Waals surface area contributed by atoms with Gasteiger partial charge in [0, 0.05) is 6.54 Å². The summed E-state index contributed by atoms with van der Waals surface area (Å²) in [4.78, 5) is 25.1. The highest BCUT2D eigenvalue weighted by atomic mass is 16.5. The number of amides is 1. The number of ether oxygens (including phenoxy) is 1. The van der Waals surface area contributed by atoms with Crippen LogP contribution < -0.4 is 10.1 Å². The van der Waals surface area contributed by atoms with Crippen LogP contribution in [0.15, 0.2) is 18.2 Å². The summed E-state index contributed by atoms with van der Waals surface area (Å²) in [5.41, 5.74) is 1.67. The van der Waals surface area contributed by atoms with Gasteiger partial charge in [-0.3, -0.25) is 14.5 Å². The molecule has 0 radical (unpaired) electrons. The van der Waals surface area contributed by atoms with Crippen molar-refractivity contribution >= 4 is 17.6 Å². The third-order valence-electron chi connectivity index (χ3n) is 3.85. The van der Waals surface area contributed by atoms with Gasteiger partial charge >= 0.3 is 5.97 Å². The number of anilines is 1. The summed E-state index contributed by atoms with van der Waals surface area (Å²) in [6, 6.07) is 5.58. The number of nitrogens with zero attached hydrogens (tertiary/aromatic N) is 1. The van der Waals surface area contributed by atoms with Crippen LogP contribution in [0.4, 0.5) is 5.69 Å². The molecule has 120 valence electrons. The van der Waals surface area contributed by atoms with Gasteiger partial charge < -0.3 is 15.2 Å². The van der Waals surface area contributed by atoms with Crippen LogP contribution in [0.5, 0.6) is 5.75 Å². The highest BCUT2D eigenvalue weighted by Crippen LogP contribution is 2.25. The first-order chi connectivity index (χ1) is 10.5. The molecule has 0 aliphatic carbocycles. The number of rotatable bonds is 5.